The lowest BCUT2D eigenvalue weighted by atomic mass is 9.61. The molecule has 5 aliphatic rings. The first-order valence-corrected chi connectivity index (χ1v) is 20.0. The number of H-pyrrole nitrogens is 1. The molecule has 5 heterocycles. The minimum absolute atomic E-state index is 0.0326. The van der Waals surface area contributed by atoms with Gasteiger partial charge in [0.05, 0.1) is 18.3 Å². The lowest BCUT2D eigenvalue weighted by Crippen LogP contribution is -2.61. The molecule has 5 fully saturated rings. The predicted molar refractivity (Wildman–Crippen MR) is 207 cm³/mol. The highest BCUT2D eigenvalue weighted by Gasteiger charge is 2.49. The largest absolute Gasteiger partial charge is 0.481 e. The number of benzene rings is 2. The molecule has 3 saturated heterocycles. The SMILES string of the molecule is C=CC(=O)N1CC2(CCN(c3nc(OC4CC5(CCN(CCOC)CC5)C4)nc4c(OCC(F)(F)F)c(-c5c(C)ccc6[nH]ncc56)c(C5CC5)cc34)CC2)C1. The van der Waals surface area contributed by atoms with E-state index in [1.54, 1.807) is 13.3 Å². The van der Waals surface area contributed by atoms with Crippen LogP contribution in [0.2, 0.25) is 0 Å². The standard InChI is InChI=1S/C42H50F3N7O4/c1-4-33(53)52-23-41(24-52)11-15-51(16-12-41)38-30-19-29(27-6-7-27)35(34-26(2)5-8-32-31(34)22-46-49-32)37(55-25-42(43,44)45)36(30)47-39(48-38)56-28-20-40(21-28)9-13-50(14-10-40)17-18-54-3/h4-5,8,19,22,27-28H,1,6-7,9-18,20-21,23-25H2,2-3H3,(H,46,49). The summed E-state index contributed by atoms with van der Waals surface area (Å²) < 4.78 is 60.3. The van der Waals surface area contributed by atoms with Crippen LogP contribution >= 0.6 is 0 Å². The van der Waals surface area contributed by atoms with Gasteiger partial charge in [-0.15, -0.1) is 0 Å². The van der Waals surface area contributed by atoms with Gasteiger partial charge in [-0.2, -0.15) is 28.2 Å². The van der Waals surface area contributed by atoms with Crippen LogP contribution in [0.5, 0.6) is 11.8 Å². The zero-order chi connectivity index (χ0) is 38.8. The molecule has 11 nitrogen and oxygen atoms in total. The van der Waals surface area contributed by atoms with E-state index in [-0.39, 0.29) is 40.5 Å². The third kappa shape index (κ3) is 6.97. The van der Waals surface area contributed by atoms with Crippen molar-refractivity contribution in [1.29, 1.82) is 0 Å². The van der Waals surface area contributed by atoms with Crippen LogP contribution < -0.4 is 14.4 Å². The van der Waals surface area contributed by atoms with E-state index in [2.05, 4.69) is 32.6 Å². The monoisotopic (exact) mass is 773 g/mol. The third-order valence-corrected chi connectivity index (χ3v) is 13.2. The summed E-state index contributed by atoms with van der Waals surface area (Å²) in [6.07, 6.45) is 5.95. The van der Waals surface area contributed by atoms with Crippen molar-refractivity contribution in [2.75, 3.05) is 71.0 Å². The number of alkyl halides is 3. The summed E-state index contributed by atoms with van der Waals surface area (Å²) in [5.41, 5.74) is 4.62. The highest BCUT2D eigenvalue weighted by molar-refractivity contribution is 6.06. The van der Waals surface area contributed by atoms with Crippen molar-refractivity contribution in [2.45, 2.75) is 76.5 Å². The molecule has 0 bridgehead atoms. The quantitative estimate of drug-likeness (QED) is 0.159. The van der Waals surface area contributed by atoms with E-state index >= 15 is 0 Å². The number of carbonyl (C=O) groups is 1. The topological polar surface area (TPSA) is 109 Å². The predicted octanol–water partition coefficient (Wildman–Crippen LogP) is 7.18. The lowest BCUT2D eigenvalue weighted by molar-refractivity contribution is -0.153. The Labute approximate surface area is 324 Å². The van der Waals surface area contributed by atoms with Gasteiger partial charge < -0.3 is 28.9 Å². The Bertz CT molecular complexity index is 2140. The first-order chi connectivity index (χ1) is 27.0. The number of aromatic nitrogens is 4. The van der Waals surface area contributed by atoms with Crippen LogP contribution in [0.25, 0.3) is 32.9 Å². The van der Waals surface area contributed by atoms with Crippen molar-refractivity contribution in [3.63, 3.8) is 0 Å². The number of halogens is 3. The molecule has 2 aromatic heterocycles. The summed E-state index contributed by atoms with van der Waals surface area (Å²) in [6.45, 7) is 10.6. The fourth-order valence-electron chi connectivity index (χ4n) is 9.82. The number of piperidine rings is 2. The van der Waals surface area contributed by atoms with E-state index in [1.807, 2.05) is 24.0 Å². The summed E-state index contributed by atoms with van der Waals surface area (Å²) in [5.74, 6) is 0.870. The Balaban J connectivity index is 1.12. The Morgan fingerprint density at radius 3 is 2.43 bits per heavy atom. The molecule has 2 aromatic carbocycles. The van der Waals surface area contributed by atoms with Crippen molar-refractivity contribution >= 4 is 33.5 Å². The molecule has 56 heavy (non-hydrogen) atoms. The van der Waals surface area contributed by atoms with Crippen LogP contribution in [-0.2, 0) is 9.53 Å². The van der Waals surface area contributed by atoms with Crippen molar-refractivity contribution in [3.8, 4) is 22.9 Å². The minimum atomic E-state index is -4.57. The molecule has 298 valence electrons. The highest BCUT2D eigenvalue weighted by atomic mass is 19.4. The Morgan fingerprint density at radius 1 is 1.02 bits per heavy atom. The molecular weight excluding hydrogens is 724 g/mol. The van der Waals surface area contributed by atoms with Gasteiger partial charge in [0.2, 0.25) is 5.91 Å². The number of ether oxygens (including phenoxy) is 3. The Kier molecular flexibility index (Phi) is 9.42. The second-order valence-corrected chi connectivity index (χ2v) is 17.0. The number of hydrogen-bond donors (Lipinski definition) is 1. The van der Waals surface area contributed by atoms with Gasteiger partial charge in [-0.25, -0.2) is 0 Å². The van der Waals surface area contributed by atoms with Gasteiger partial charge in [0.25, 0.3) is 0 Å². The van der Waals surface area contributed by atoms with Gasteiger partial charge in [-0.05, 0) is 118 Å². The molecule has 9 rings (SSSR count). The van der Waals surface area contributed by atoms with Crippen LogP contribution in [0.15, 0.2) is 37.1 Å². The number of methoxy groups -OCH3 is 1. The van der Waals surface area contributed by atoms with Gasteiger partial charge in [0, 0.05) is 61.6 Å². The molecule has 2 saturated carbocycles. The number of nitrogens with one attached hydrogen (secondary N) is 1. The summed E-state index contributed by atoms with van der Waals surface area (Å²) in [7, 11) is 1.73. The fourth-order valence-corrected chi connectivity index (χ4v) is 9.82. The van der Waals surface area contributed by atoms with E-state index in [1.165, 1.54) is 6.08 Å². The van der Waals surface area contributed by atoms with Crippen molar-refractivity contribution in [1.82, 2.24) is 30.0 Å². The third-order valence-electron chi connectivity index (χ3n) is 13.2. The number of hydrogen-bond acceptors (Lipinski definition) is 9. The smallest absolute Gasteiger partial charge is 0.422 e. The molecule has 4 aromatic rings. The maximum absolute atomic E-state index is 14.1. The van der Waals surface area contributed by atoms with Gasteiger partial charge in [0.1, 0.15) is 17.4 Å². The number of likely N-dealkylation sites (tertiary alicyclic amines) is 2. The van der Waals surface area contributed by atoms with E-state index in [4.69, 9.17) is 24.2 Å². The van der Waals surface area contributed by atoms with Crippen LogP contribution in [-0.4, -0.2) is 114 Å². The second kappa shape index (κ2) is 14.2. The molecular formula is C42H50F3N7O4. The lowest BCUT2D eigenvalue weighted by Gasteiger charge is -2.54. The van der Waals surface area contributed by atoms with E-state index in [0.717, 1.165) is 105 Å². The number of nitrogens with zero attached hydrogens (tertiary/aromatic N) is 6. The van der Waals surface area contributed by atoms with E-state index in [0.29, 0.717) is 48.5 Å². The number of fused-ring (bicyclic) bond motifs is 2. The van der Waals surface area contributed by atoms with Crippen LogP contribution in [0.3, 0.4) is 0 Å². The summed E-state index contributed by atoms with van der Waals surface area (Å²) >= 11 is 0. The second-order valence-electron chi connectivity index (χ2n) is 17.0. The Morgan fingerprint density at radius 2 is 1.75 bits per heavy atom. The van der Waals surface area contributed by atoms with Gasteiger partial charge >= 0.3 is 12.2 Å². The molecule has 1 N–H and O–H groups in total. The Hall–Kier alpha value is -4.43. The van der Waals surface area contributed by atoms with Crippen molar-refractivity contribution in [3.05, 3.63) is 48.2 Å². The highest BCUT2D eigenvalue weighted by Crippen LogP contribution is 2.54. The number of amides is 1. The molecule has 3 aliphatic heterocycles. The first-order valence-electron chi connectivity index (χ1n) is 20.0. The summed E-state index contributed by atoms with van der Waals surface area (Å²) in [5, 5.41) is 8.81. The summed E-state index contributed by atoms with van der Waals surface area (Å²) in [6, 6.07) is 6.17. The average Bonchev–Trinajstić information content (AvgIpc) is 3.90. The van der Waals surface area contributed by atoms with Gasteiger partial charge in [-0.1, -0.05) is 12.6 Å². The van der Waals surface area contributed by atoms with Crippen LogP contribution in [0, 0.1) is 17.8 Å². The van der Waals surface area contributed by atoms with E-state index < -0.39 is 12.8 Å². The molecule has 1 amide bonds. The van der Waals surface area contributed by atoms with Crippen LogP contribution in [0.1, 0.15) is 68.4 Å². The summed E-state index contributed by atoms with van der Waals surface area (Å²) in [4.78, 5) is 28.9. The molecule has 0 atom stereocenters. The van der Waals surface area contributed by atoms with Crippen molar-refractivity contribution in [2.24, 2.45) is 10.8 Å². The average molecular weight is 774 g/mol. The van der Waals surface area contributed by atoms with Gasteiger partial charge in [0.15, 0.2) is 12.4 Å². The zero-order valence-corrected chi connectivity index (χ0v) is 32.2. The first kappa shape index (κ1) is 37.2. The number of anilines is 1. The molecule has 2 aliphatic carbocycles. The molecule has 2 spiro atoms. The van der Waals surface area contributed by atoms with Crippen LogP contribution in [0.4, 0.5) is 19.0 Å². The number of carbonyl (C=O) groups excluding carboxylic acids is 1. The maximum atomic E-state index is 14.1. The number of aromatic amines is 1. The van der Waals surface area contributed by atoms with E-state index in [9.17, 15) is 18.0 Å². The van der Waals surface area contributed by atoms with Gasteiger partial charge in [-0.3, -0.25) is 9.89 Å². The molecule has 14 heteroatoms. The number of rotatable bonds is 11. The van der Waals surface area contributed by atoms with Crippen molar-refractivity contribution < 1.29 is 32.2 Å². The number of aryl methyl sites for hydroxylation is 1. The zero-order valence-electron chi connectivity index (χ0n) is 32.2. The fraction of sp³-hybridized carbons (Fsp3) is 0.571. The molecule has 0 unspecified atom stereocenters. The minimum Gasteiger partial charge on any atom is -0.481 e. The normalized spacial score (nSPS) is 21.1. The molecule has 0 radical (unpaired) electrons. The maximum Gasteiger partial charge on any atom is 0.422 e.